The van der Waals surface area contributed by atoms with E-state index in [-0.39, 0.29) is 31.2 Å². The zero-order valence-corrected chi connectivity index (χ0v) is 33.0. The maximum atomic E-state index is 7.28. The molecule has 0 fully saturated rings. The molecule has 0 aliphatic rings. The molecule has 0 saturated heterocycles. The van der Waals surface area contributed by atoms with Crippen LogP contribution in [-0.2, 0) is 20.1 Å². The summed E-state index contributed by atoms with van der Waals surface area (Å²) in [5.74, 6) is 0.869. The molecule has 0 amide bonds. The van der Waals surface area contributed by atoms with Crippen molar-refractivity contribution in [3.05, 3.63) is 138 Å². The Labute approximate surface area is 321 Å². The van der Waals surface area contributed by atoms with Gasteiger partial charge in [0, 0.05) is 46.1 Å². The summed E-state index contributed by atoms with van der Waals surface area (Å²) in [6, 6.07) is 35.9. The van der Waals surface area contributed by atoms with Gasteiger partial charge in [-0.2, -0.15) is 0 Å². The molecule has 5 heteroatoms. The fourth-order valence-corrected chi connectivity index (χ4v) is 7.17. The van der Waals surface area contributed by atoms with E-state index in [1.54, 1.807) is 12.1 Å². The van der Waals surface area contributed by atoms with Crippen LogP contribution in [0.3, 0.4) is 0 Å². The quantitative estimate of drug-likeness (QED) is 0.124. The van der Waals surface area contributed by atoms with Crippen LogP contribution in [0.4, 0.5) is 0 Å². The molecule has 0 aliphatic carbocycles. The van der Waals surface area contributed by atoms with E-state index in [1.165, 1.54) is 51.8 Å². The third-order valence-corrected chi connectivity index (χ3v) is 10.6. The number of hydrogen-bond donors (Lipinski definition) is 0. The van der Waals surface area contributed by atoms with Gasteiger partial charge in [0.25, 0.3) is 0 Å². The van der Waals surface area contributed by atoms with Gasteiger partial charge in [0.05, 0.1) is 13.7 Å². The summed E-state index contributed by atoms with van der Waals surface area (Å²) in [6.45, 7) is 11.9. The predicted molar refractivity (Wildman–Crippen MR) is 210 cm³/mol. The molecule has 0 N–H and O–H groups in total. The maximum absolute atomic E-state index is 7.28. The van der Waals surface area contributed by atoms with E-state index in [4.69, 9.17) is 17.6 Å². The van der Waals surface area contributed by atoms with Gasteiger partial charge in [0.1, 0.15) is 5.58 Å². The Balaban J connectivity index is 0.000000244. The van der Waals surface area contributed by atoms with Crippen molar-refractivity contribution < 1.29 is 32.7 Å². The smallest absolute Gasteiger partial charge is 0.120 e. The van der Waals surface area contributed by atoms with Crippen molar-refractivity contribution in [3.8, 4) is 33.6 Å². The minimum Gasteiger partial charge on any atom is -0.501 e. The largest absolute Gasteiger partial charge is 0.501 e. The summed E-state index contributed by atoms with van der Waals surface area (Å²) in [6.07, 6.45) is 3.24. The van der Waals surface area contributed by atoms with E-state index in [0.717, 1.165) is 33.2 Å². The van der Waals surface area contributed by atoms with Crippen LogP contribution >= 0.6 is 0 Å². The second-order valence-electron chi connectivity index (χ2n) is 14.1. The van der Waals surface area contributed by atoms with Crippen LogP contribution in [0.1, 0.15) is 70.0 Å². The number of furan rings is 1. The number of fused-ring (bicyclic) bond motifs is 3. The van der Waals surface area contributed by atoms with Gasteiger partial charge in [-0.05, 0) is 70.0 Å². The summed E-state index contributed by atoms with van der Waals surface area (Å²) < 4.78 is 50.1. The molecule has 3 aromatic heterocycles. The van der Waals surface area contributed by atoms with Crippen molar-refractivity contribution in [1.29, 1.82) is 0 Å². The molecular weight excluding hydrogens is 805 g/mol. The molecule has 7 aromatic rings. The Kier molecular flexibility index (Phi) is 9.10. The zero-order chi connectivity index (χ0) is 39.9. The molecule has 7 rings (SSSR count). The van der Waals surface area contributed by atoms with Crippen molar-refractivity contribution >= 4 is 35.2 Å². The van der Waals surface area contributed by atoms with Gasteiger partial charge in [-0.3, -0.25) is 0 Å². The van der Waals surface area contributed by atoms with Crippen LogP contribution in [0.15, 0.2) is 108 Å². The first-order chi connectivity index (χ1) is 25.8. The Morgan fingerprint density at radius 1 is 0.740 bits per heavy atom. The van der Waals surface area contributed by atoms with Crippen LogP contribution in [0.5, 0.6) is 0 Å². The van der Waals surface area contributed by atoms with E-state index < -0.39 is 21.8 Å². The molecule has 0 atom stereocenters. The third kappa shape index (κ3) is 7.91. The van der Waals surface area contributed by atoms with Gasteiger partial charge in [0.15, 0.2) is 0 Å². The van der Waals surface area contributed by atoms with Gasteiger partial charge in [-0.1, -0.05) is 120 Å². The Bertz CT molecular complexity index is 2360. The van der Waals surface area contributed by atoms with E-state index in [0.29, 0.717) is 23.1 Å². The van der Waals surface area contributed by atoms with E-state index in [1.807, 2.05) is 18.3 Å². The summed E-state index contributed by atoms with van der Waals surface area (Å²) in [7, 11) is -1.63. The average molecular weight is 857 g/mol. The SMILES string of the molecule is CC(C)c1cccc(C(C)C)c1-c1ccnc(-c2[c-]c([Si](C)(C)C)cc3c2oc2ccccc23)c1.[2H]C([2H])([2H])c1c[c-]c(-c2ccc(C([2H])([2H])[2H])cn2)cc1.[Ir]. The molecule has 0 aliphatic heterocycles. The van der Waals surface area contributed by atoms with Crippen molar-refractivity contribution in [2.45, 2.75) is 72.9 Å². The number of pyridine rings is 2. The standard InChI is InChI=1S/C32H34NOSi.C13H12N.Ir/c1-20(2)24-12-10-13-25(21(3)4)31(24)22-15-16-33-29(17-22)28-19-23(35(5,6)7)18-27-26-11-8-9-14-30(26)34-32(27)28;1-10-3-6-12(7-4-10)13-8-5-11(2)9-14-13;/h8-18,20-21H,1-7H3;3-6,8-9H,1-2H3;/q2*-1;/i;1D3,2D3;. The Morgan fingerprint density at radius 2 is 1.46 bits per heavy atom. The monoisotopic (exact) mass is 857 g/mol. The molecule has 4 aromatic carbocycles. The van der Waals surface area contributed by atoms with E-state index >= 15 is 0 Å². The third-order valence-electron chi connectivity index (χ3n) is 8.75. The predicted octanol–water partition coefficient (Wildman–Crippen LogP) is 12.1. The van der Waals surface area contributed by atoms with Crippen molar-refractivity contribution in [2.75, 3.05) is 0 Å². The normalized spacial score (nSPS) is 13.8. The van der Waals surface area contributed by atoms with Crippen LogP contribution in [-0.4, -0.2) is 18.0 Å². The number of nitrogens with zero attached hydrogens (tertiary/aromatic N) is 2. The molecule has 3 heterocycles. The molecule has 0 saturated carbocycles. The van der Waals surface area contributed by atoms with Crippen molar-refractivity contribution in [3.63, 3.8) is 0 Å². The summed E-state index contributed by atoms with van der Waals surface area (Å²) >= 11 is 0. The fourth-order valence-electron chi connectivity index (χ4n) is 6.10. The van der Waals surface area contributed by atoms with Crippen molar-refractivity contribution in [1.82, 2.24) is 9.97 Å². The van der Waals surface area contributed by atoms with Gasteiger partial charge >= 0.3 is 0 Å². The minimum absolute atomic E-state index is 0. The molecule has 0 spiro atoms. The first-order valence-electron chi connectivity index (χ1n) is 19.8. The summed E-state index contributed by atoms with van der Waals surface area (Å²) in [5, 5.41) is 3.61. The minimum atomic E-state index is -2.18. The van der Waals surface area contributed by atoms with Gasteiger partial charge in [-0.15, -0.1) is 52.7 Å². The summed E-state index contributed by atoms with van der Waals surface area (Å²) in [5.41, 5.74) is 10.5. The maximum Gasteiger partial charge on any atom is 0.120 e. The molecule has 3 nitrogen and oxygen atoms in total. The molecule has 0 unspecified atom stereocenters. The van der Waals surface area contributed by atoms with Gasteiger partial charge in [0.2, 0.25) is 0 Å². The van der Waals surface area contributed by atoms with Crippen LogP contribution in [0.25, 0.3) is 55.6 Å². The zero-order valence-electron chi connectivity index (χ0n) is 35.6. The first kappa shape index (κ1) is 29.6. The second kappa shape index (κ2) is 15.4. The average Bonchev–Trinajstić information content (AvgIpc) is 3.52. The number of aromatic nitrogens is 2. The molecule has 1 radical (unpaired) electrons. The van der Waals surface area contributed by atoms with Crippen molar-refractivity contribution in [2.24, 2.45) is 0 Å². The molecule has 50 heavy (non-hydrogen) atoms. The van der Waals surface area contributed by atoms with Crippen LogP contribution in [0.2, 0.25) is 19.6 Å². The van der Waals surface area contributed by atoms with E-state index in [2.05, 4.69) is 113 Å². The molecule has 257 valence electrons. The van der Waals surface area contributed by atoms with Crippen LogP contribution in [0, 0.1) is 25.8 Å². The van der Waals surface area contributed by atoms with Gasteiger partial charge < -0.3 is 14.4 Å². The Morgan fingerprint density at radius 3 is 2.08 bits per heavy atom. The second-order valence-corrected chi connectivity index (χ2v) is 19.2. The topological polar surface area (TPSA) is 38.9 Å². The summed E-state index contributed by atoms with van der Waals surface area (Å²) in [4.78, 5) is 8.93. The number of para-hydroxylation sites is 1. The fraction of sp³-hybridized carbons (Fsp3) is 0.244. The number of hydrogen-bond acceptors (Lipinski definition) is 3. The number of benzene rings is 4. The number of rotatable bonds is 6. The first-order valence-corrected chi connectivity index (χ1v) is 20.3. The van der Waals surface area contributed by atoms with Crippen LogP contribution < -0.4 is 5.19 Å². The molecule has 0 bridgehead atoms. The Hall–Kier alpha value is -4.15. The van der Waals surface area contributed by atoms with E-state index in [9.17, 15) is 0 Å². The van der Waals surface area contributed by atoms with Gasteiger partial charge in [-0.25, -0.2) is 0 Å². The molecular formula is C45H46IrN2OSi-2. The number of aryl methyl sites for hydroxylation is 2.